The zero-order chi connectivity index (χ0) is 11.3. The summed E-state index contributed by atoms with van der Waals surface area (Å²) in [6, 6.07) is 7.82. The Kier molecular flexibility index (Phi) is 4.42. The van der Waals surface area contributed by atoms with Gasteiger partial charge in [0.1, 0.15) is 0 Å². The van der Waals surface area contributed by atoms with Crippen molar-refractivity contribution in [3.63, 3.8) is 0 Å². The van der Waals surface area contributed by atoms with Gasteiger partial charge in [-0.05, 0) is 49.6 Å². The van der Waals surface area contributed by atoms with Gasteiger partial charge in [0.2, 0.25) is 0 Å². The Morgan fingerprint density at radius 2 is 2.07 bits per heavy atom. The molecular weight excluding hydrogens is 204 g/mol. The van der Waals surface area contributed by atoms with E-state index in [0.717, 1.165) is 21.7 Å². The molecule has 0 aliphatic carbocycles. The van der Waals surface area contributed by atoms with Crippen LogP contribution in [0.3, 0.4) is 0 Å². The van der Waals surface area contributed by atoms with E-state index in [1.807, 2.05) is 57.2 Å². The Hall–Kier alpha value is -1.23. The van der Waals surface area contributed by atoms with Gasteiger partial charge in [0.25, 0.3) is 0 Å². The Morgan fingerprint density at radius 1 is 1.33 bits per heavy atom. The molecule has 0 aliphatic heterocycles. The lowest BCUT2D eigenvalue weighted by Gasteiger charge is -1.99. The van der Waals surface area contributed by atoms with E-state index >= 15 is 0 Å². The van der Waals surface area contributed by atoms with Crippen LogP contribution in [0.1, 0.15) is 26.3 Å². The maximum absolute atomic E-state index is 5.92. The molecule has 0 atom stereocenters. The Bertz CT molecular complexity index is 432. The number of hydrogen-bond acceptors (Lipinski definition) is 0. The van der Waals surface area contributed by atoms with Crippen LogP contribution in [0.5, 0.6) is 0 Å². The highest BCUT2D eigenvalue weighted by Crippen LogP contribution is 2.17. The van der Waals surface area contributed by atoms with E-state index in [-0.39, 0.29) is 0 Å². The van der Waals surface area contributed by atoms with Crippen LogP contribution in [0.2, 0.25) is 5.02 Å². The maximum Gasteiger partial charge on any atom is 0.0412 e. The summed E-state index contributed by atoms with van der Waals surface area (Å²) >= 11 is 5.92. The largest absolute Gasteiger partial charge is 0.114 e. The summed E-state index contributed by atoms with van der Waals surface area (Å²) in [6.07, 6.45) is 4.04. The SMILES string of the molecule is C/C=C/C(C)=C=C(C)c1cccc(Cl)c1. The highest BCUT2D eigenvalue weighted by Gasteiger charge is 1.95. The van der Waals surface area contributed by atoms with Crippen molar-refractivity contribution >= 4 is 17.2 Å². The highest BCUT2D eigenvalue weighted by molar-refractivity contribution is 6.30. The van der Waals surface area contributed by atoms with Gasteiger partial charge in [0, 0.05) is 5.02 Å². The lowest BCUT2D eigenvalue weighted by molar-refractivity contribution is 1.50. The Labute approximate surface area is 96.6 Å². The molecule has 0 N–H and O–H groups in total. The van der Waals surface area contributed by atoms with E-state index in [4.69, 9.17) is 11.6 Å². The molecule has 1 aromatic rings. The second-order valence-electron chi connectivity index (χ2n) is 3.44. The summed E-state index contributed by atoms with van der Waals surface area (Å²) in [6.45, 7) is 6.08. The molecule has 0 aliphatic rings. The summed E-state index contributed by atoms with van der Waals surface area (Å²) in [5.41, 5.74) is 6.65. The second kappa shape index (κ2) is 5.60. The van der Waals surface area contributed by atoms with Crippen molar-refractivity contribution in [3.8, 4) is 0 Å². The molecule has 0 saturated heterocycles. The van der Waals surface area contributed by atoms with Crippen LogP contribution in [0, 0.1) is 0 Å². The number of benzene rings is 1. The van der Waals surface area contributed by atoms with Gasteiger partial charge < -0.3 is 0 Å². The van der Waals surface area contributed by atoms with Crippen molar-refractivity contribution in [2.24, 2.45) is 0 Å². The quantitative estimate of drug-likeness (QED) is 0.491. The summed E-state index contributed by atoms with van der Waals surface area (Å²) in [5.74, 6) is 0. The van der Waals surface area contributed by atoms with Crippen molar-refractivity contribution in [1.29, 1.82) is 0 Å². The number of hydrogen-bond donors (Lipinski definition) is 0. The van der Waals surface area contributed by atoms with Gasteiger partial charge in [-0.25, -0.2) is 0 Å². The zero-order valence-corrected chi connectivity index (χ0v) is 10.1. The van der Waals surface area contributed by atoms with Crippen LogP contribution in [0.4, 0.5) is 0 Å². The molecule has 0 bridgehead atoms. The van der Waals surface area contributed by atoms with Crippen LogP contribution in [-0.4, -0.2) is 0 Å². The summed E-state index contributed by atoms with van der Waals surface area (Å²) in [7, 11) is 0. The maximum atomic E-state index is 5.92. The van der Waals surface area contributed by atoms with E-state index in [1.54, 1.807) is 0 Å². The molecule has 78 valence electrons. The third-order valence-corrected chi connectivity index (χ3v) is 2.29. The standard InChI is InChI=1S/C14H15Cl/c1-4-6-11(2)9-12(3)13-7-5-8-14(15)10-13/h4-8,10H,1-3H3/b6-4+. The topological polar surface area (TPSA) is 0 Å². The normalized spacial score (nSPS) is 10.1. The van der Waals surface area contributed by atoms with E-state index in [2.05, 4.69) is 5.73 Å². The van der Waals surface area contributed by atoms with E-state index in [0.29, 0.717) is 0 Å². The first kappa shape index (κ1) is 11.8. The summed E-state index contributed by atoms with van der Waals surface area (Å²) in [5, 5.41) is 0.761. The fourth-order valence-corrected chi connectivity index (χ4v) is 1.57. The third kappa shape index (κ3) is 3.79. The summed E-state index contributed by atoms with van der Waals surface area (Å²) in [4.78, 5) is 0. The first-order chi connectivity index (χ1) is 7.13. The lowest BCUT2D eigenvalue weighted by Crippen LogP contribution is -1.77. The number of halogens is 1. The molecule has 0 unspecified atom stereocenters. The van der Waals surface area contributed by atoms with Gasteiger partial charge in [-0.1, -0.05) is 35.9 Å². The predicted octanol–water partition coefficient (Wildman–Crippen LogP) is 4.86. The highest BCUT2D eigenvalue weighted by atomic mass is 35.5. The van der Waals surface area contributed by atoms with Crippen molar-refractivity contribution in [3.05, 3.63) is 58.3 Å². The third-order valence-electron chi connectivity index (χ3n) is 2.06. The predicted molar refractivity (Wildman–Crippen MR) is 68.0 cm³/mol. The van der Waals surface area contributed by atoms with Crippen molar-refractivity contribution < 1.29 is 0 Å². The minimum absolute atomic E-state index is 0.761. The lowest BCUT2D eigenvalue weighted by atomic mass is 10.1. The molecule has 0 heterocycles. The van der Waals surface area contributed by atoms with Gasteiger partial charge in [-0.2, -0.15) is 0 Å². The average molecular weight is 219 g/mol. The van der Waals surface area contributed by atoms with Crippen LogP contribution < -0.4 is 0 Å². The second-order valence-corrected chi connectivity index (χ2v) is 3.88. The minimum atomic E-state index is 0.761. The van der Waals surface area contributed by atoms with E-state index in [1.165, 1.54) is 0 Å². The smallest absolute Gasteiger partial charge is 0.0412 e. The van der Waals surface area contributed by atoms with E-state index < -0.39 is 0 Å². The fraction of sp³-hybridized carbons (Fsp3) is 0.214. The molecule has 0 aromatic heterocycles. The molecule has 1 rings (SSSR count). The first-order valence-electron chi connectivity index (χ1n) is 4.96. The van der Waals surface area contributed by atoms with Crippen molar-refractivity contribution in [2.45, 2.75) is 20.8 Å². The van der Waals surface area contributed by atoms with Gasteiger partial charge >= 0.3 is 0 Å². The Morgan fingerprint density at radius 3 is 2.67 bits per heavy atom. The van der Waals surface area contributed by atoms with Crippen molar-refractivity contribution in [2.75, 3.05) is 0 Å². The monoisotopic (exact) mass is 218 g/mol. The van der Waals surface area contributed by atoms with Crippen LogP contribution in [0.25, 0.3) is 5.57 Å². The average Bonchev–Trinajstić information content (AvgIpc) is 2.18. The molecule has 0 nitrogen and oxygen atoms in total. The molecule has 1 aromatic carbocycles. The van der Waals surface area contributed by atoms with Crippen LogP contribution in [-0.2, 0) is 0 Å². The molecule has 0 saturated carbocycles. The fourth-order valence-electron chi connectivity index (χ4n) is 1.38. The first-order valence-corrected chi connectivity index (χ1v) is 5.34. The Balaban J connectivity index is 3.14. The molecule has 0 amide bonds. The van der Waals surface area contributed by atoms with Crippen LogP contribution >= 0.6 is 11.6 Å². The van der Waals surface area contributed by atoms with Crippen LogP contribution in [0.15, 0.2) is 47.7 Å². The molecule has 0 radical (unpaired) electrons. The molecular formula is C14H15Cl. The zero-order valence-electron chi connectivity index (χ0n) is 9.34. The number of allylic oxidation sites excluding steroid dienone is 3. The molecule has 1 heteroatoms. The van der Waals surface area contributed by atoms with Gasteiger partial charge in [-0.3, -0.25) is 0 Å². The minimum Gasteiger partial charge on any atom is -0.114 e. The molecule has 15 heavy (non-hydrogen) atoms. The van der Waals surface area contributed by atoms with E-state index in [9.17, 15) is 0 Å². The van der Waals surface area contributed by atoms with Gasteiger partial charge in [-0.15, -0.1) is 5.73 Å². The molecule has 0 fully saturated rings. The van der Waals surface area contributed by atoms with Gasteiger partial charge in [0.15, 0.2) is 0 Å². The van der Waals surface area contributed by atoms with Crippen molar-refractivity contribution in [1.82, 2.24) is 0 Å². The summed E-state index contributed by atoms with van der Waals surface area (Å²) < 4.78 is 0. The molecule has 0 spiro atoms. The van der Waals surface area contributed by atoms with Gasteiger partial charge in [0.05, 0.1) is 0 Å². The number of rotatable bonds is 2.